The van der Waals surface area contributed by atoms with Crippen molar-refractivity contribution >= 4 is 11.4 Å². The Kier molecular flexibility index (Phi) is 3.15. The molecule has 0 radical (unpaired) electrons. The third kappa shape index (κ3) is 2.06. The third-order valence-electron chi connectivity index (χ3n) is 1.76. The summed E-state index contributed by atoms with van der Waals surface area (Å²) in [6.45, 7) is 3.46. The lowest BCUT2D eigenvalue weighted by Gasteiger charge is -2.16. The summed E-state index contributed by atoms with van der Waals surface area (Å²) in [5.74, 6) is -0.0898. The first kappa shape index (κ1) is 10.2. The molecular formula is C10H10N3O-. The average Bonchev–Trinajstić information content (AvgIpc) is 2.18. The maximum Gasteiger partial charge on any atom is 0.0441 e. The molecule has 0 aromatic heterocycles. The summed E-state index contributed by atoms with van der Waals surface area (Å²) in [4.78, 5) is 2.67. The van der Waals surface area contributed by atoms with Crippen molar-refractivity contribution in [3.63, 3.8) is 0 Å². The quantitative estimate of drug-likeness (QED) is 0.304. The summed E-state index contributed by atoms with van der Waals surface area (Å²) in [5.41, 5.74) is 9.80. The van der Waals surface area contributed by atoms with E-state index in [1.54, 1.807) is 38.1 Å². The Labute approximate surface area is 82.1 Å². The van der Waals surface area contributed by atoms with Crippen molar-refractivity contribution in [3.05, 3.63) is 45.8 Å². The molecule has 0 heterocycles. The number of allylic oxidation sites excluding steroid dienone is 1. The topological polar surface area (TPSA) is 71.8 Å². The highest BCUT2D eigenvalue weighted by Crippen LogP contribution is 2.24. The minimum atomic E-state index is -0.0898. The molecule has 0 fully saturated rings. The Hall–Kier alpha value is -1.93. The summed E-state index contributed by atoms with van der Waals surface area (Å²) in [6.07, 6.45) is 0. The van der Waals surface area contributed by atoms with Crippen LogP contribution in [0.5, 0.6) is 0 Å². The van der Waals surface area contributed by atoms with Gasteiger partial charge in [-0.3, -0.25) is 0 Å². The molecule has 72 valence electrons. The molecule has 0 aliphatic heterocycles. The van der Waals surface area contributed by atoms with E-state index in [0.29, 0.717) is 16.8 Å². The van der Waals surface area contributed by atoms with E-state index in [9.17, 15) is 5.11 Å². The molecule has 4 heteroatoms. The average molecular weight is 188 g/mol. The maximum absolute atomic E-state index is 11.6. The van der Waals surface area contributed by atoms with E-state index in [1.165, 1.54) is 0 Å². The monoisotopic (exact) mass is 188 g/mol. The van der Waals surface area contributed by atoms with E-state index in [0.717, 1.165) is 0 Å². The molecular weight excluding hydrogens is 178 g/mol. The standard InChI is InChI=1S/C10H11N3O/c1-7(2)10(14)8-5-3-4-6-9(8)12-13-11/h3-6,14H,1-2H3/p-1. The predicted octanol–water partition coefficient (Wildman–Crippen LogP) is 2.74. The second-order valence-corrected chi connectivity index (χ2v) is 3.04. The molecule has 0 atom stereocenters. The zero-order chi connectivity index (χ0) is 10.6. The molecule has 0 N–H and O–H groups in total. The van der Waals surface area contributed by atoms with Gasteiger partial charge in [-0.1, -0.05) is 35.0 Å². The lowest BCUT2D eigenvalue weighted by Crippen LogP contribution is -2.04. The van der Waals surface area contributed by atoms with Crippen LogP contribution in [0, 0.1) is 0 Å². The molecule has 0 unspecified atom stereocenters. The molecule has 4 nitrogen and oxygen atoms in total. The van der Waals surface area contributed by atoms with Crippen LogP contribution >= 0.6 is 0 Å². The Morgan fingerprint density at radius 2 is 2.00 bits per heavy atom. The van der Waals surface area contributed by atoms with Crippen LogP contribution < -0.4 is 5.11 Å². The summed E-state index contributed by atoms with van der Waals surface area (Å²) >= 11 is 0. The van der Waals surface area contributed by atoms with Crippen molar-refractivity contribution in [2.24, 2.45) is 5.11 Å². The predicted molar refractivity (Wildman–Crippen MR) is 53.5 cm³/mol. The molecule has 0 bridgehead atoms. The van der Waals surface area contributed by atoms with Crippen LogP contribution in [0.25, 0.3) is 16.2 Å². The van der Waals surface area contributed by atoms with Gasteiger partial charge in [0, 0.05) is 10.6 Å². The number of hydrogen-bond acceptors (Lipinski definition) is 2. The molecule has 14 heavy (non-hydrogen) atoms. The zero-order valence-corrected chi connectivity index (χ0v) is 8.06. The van der Waals surface area contributed by atoms with Crippen molar-refractivity contribution < 1.29 is 5.11 Å². The molecule has 1 rings (SSSR count). The van der Waals surface area contributed by atoms with Crippen molar-refractivity contribution in [1.29, 1.82) is 0 Å². The Morgan fingerprint density at radius 1 is 1.36 bits per heavy atom. The third-order valence-corrected chi connectivity index (χ3v) is 1.76. The molecule has 1 aromatic carbocycles. The molecule has 0 amide bonds. The van der Waals surface area contributed by atoms with Gasteiger partial charge in [0.15, 0.2) is 0 Å². The first-order valence-electron chi connectivity index (χ1n) is 4.16. The fraction of sp³-hybridized carbons (Fsp3) is 0.200. The SMILES string of the molecule is CC(C)=C([O-])c1ccccc1N=[N+]=[N-]. The fourth-order valence-electron chi connectivity index (χ4n) is 1.07. The highest BCUT2D eigenvalue weighted by Gasteiger charge is 1.98. The van der Waals surface area contributed by atoms with E-state index < -0.39 is 0 Å². The second kappa shape index (κ2) is 4.35. The van der Waals surface area contributed by atoms with Crippen LogP contribution in [0.4, 0.5) is 5.69 Å². The highest BCUT2D eigenvalue weighted by atomic mass is 16.3. The Balaban J connectivity index is 3.34. The van der Waals surface area contributed by atoms with Crippen molar-refractivity contribution in [3.8, 4) is 0 Å². The Bertz CT molecular complexity index is 413. The van der Waals surface area contributed by atoms with Crippen LogP contribution in [0.1, 0.15) is 19.4 Å². The number of rotatable bonds is 2. The summed E-state index contributed by atoms with van der Waals surface area (Å²) in [6, 6.07) is 6.74. The van der Waals surface area contributed by atoms with Crippen LogP contribution in [0.2, 0.25) is 0 Å². The van der Waals surface area contributed by atoms with Gasteiger partial charge in [-0.05, 0) is 24.9 Å². The van der Waals surface area contributed by atoms with E-state index in [1.807, 2.05) is 0 Å². The molecule has 1 aromatic rings. The van der Waals surface area contributed by atoms with Gasteiger partial charge in [0.2, 0.25) is 0 Å². The molecule has 0 spiro atoms. The number of benzene rings is 1. The fourth-order valence-corrected chi connectivity index (χ4v) is 1.07. The summed E-state index contributed by atoms with van der Waals surface area (Å²) in [5, 5.41) is 15.1. The largest absolute Gasteiger partial charge is 0.872 e. The lowest BCUT2D eigenvalue weighted by molar-refractivity contribution is -0.244. The number of nitrogens with zero attached hydrogens (tertiary/aromatic N) is 3. The summed E-state index contributed by atoms with van der Waals surface area (Å²) in [7, 11) is 0. The zero-order valence-electron chi connectivity index (χ0n) is 8.06. The van der Waals surface area contributed by atoms with Gasteiger partial charge >= 0.3 is 0 Å². The van der Waals surface area contributed by atoms with Crippen LogP contribution in [0.15, 0.2) is 35.0 Å². The summed E-state index contributed by atoms with van der Waals surface area (Å²) < 4.78 is 0. The molecule has 0 aliphatic rings. The molecule has 0 saturated carbocycles. The van der Waals surface area contributed by atoms with E-state index >= 15 is 0 Å². The van der Waals surface area contributed by atoms with Gasteiger partial charge in [0.05, 0.1) is 0 Å². The highest BCUT2D eigenvalue weighted by molar-refractivity contribution is 5.70. The minimum Gasteiger partial charge on any atom is -0.872 e. The first-order valence-corrected chi connectivity index (χ1v) is 4.16. The second-order valence-electron chi connectivity index (χ2n) is 3.04. The van der Waals surface area contributed by atoms with Crippen LogP contribution in [0.3, 0.4) is 0 Å². The van der Waals surface area contributed by atoms with Gasteiger partial charge in [-0.25, -0.2) is 0 Å². The van der Waals surface area contributed by atoms with E-state index in [4.69, 9.17) is 5.53 Å². The van der Waals surface area contributed by atoms with Crippen molar-refractivity contribution in [1.82, 2.24) is 0 Å². The number of azide groups is 1. The minimum absolute atomic E-state index is 0.0898. The van der Waals surface area contributed by atoms with Crippen LogP contribution in [-0.2, 0) is 0 Å². The molecule has 0 saturated heterocycles. The molecule has 0 aliphatic carbocycles. The van der Waals surface area contributed by atoms with E-state index in [2.05, 4.69) is 10.0 Å². The van der Waals surface area contributed by atoms with Gasteiger partial charge < -0.3 is 5.11 Å². The van der Waals surface area contributed by atoms with E-state index in [-0.39, 0.29) is 5.76 Å². The first-order chi connectivity index (χ1) is 6.66. The Morgan fingerprint density at radius 3 is 2.57 bits per heavy atom. The lowest BCUT2D eigenvalue weighted by atomic mass is 10.1. The van der Waals surface area contributed by atoms with Crippen molar-refractivity contribution in [2.45, 2.75) is 13.8 Å². The van der Waals surface area contributed by atoms with Gasteiger partial charge in [-0.15, -0.1) is 5.76 Å². The van der Waals surface area contributed by atoms with Crippen molar-refractivity contribution in [2.75, 3.05) is 0 Å². The van der Waals surface area contributed by atoms with Gasteiger partial charge in [0.1, 0.15) is 0 Å². The van der Waals surface area contributed by atoms with Gasteiger partial charge in [0.25, 0.3) is 0 Å². The van der Waals surface area contributed by atoms with Crippen LogP contribution in [-0.4, -0.2) is 0 Å². The maximum atomic E-state index is 11.6. The van der Waals surface area contributed by atoms with Gasteiger partial charge in [-0.2, -0.15) is 0 Å². The normalized spacial score (nSPS) is 9.00. The smallest absolute Gasteiger partial charge is 0.0441 e. The number of hydrogen-bond donors (Lipinski definition) is 0.